The summed E-state index contributed by atoms with van der Waals surface area (Å²) in [6, 6.07) is 5.41. The minimum atomic E-state index is -0.450. The summed E-state index contributed by atoms with van der Waals surface area (Å²) in [7, 11) is 0. The second-order valence-electron chi connectivity index (χ2n) is 7.76. The fourth-order valence-electron chi connectivity index (χ4n) is 4.02. The Kier molecular flexibility index (Phi) is 6.40. The number of thiazole rings is 1. The molecule has 0 radical (unpaired) electrons. The molecule has 160 valence electrons. The fraction of sp³-hybridized carbons (Fsp3) is 0.476. The number of nitrogens with one attached hydrogen (secondary N) is 1. The quantitative estimate of drug-likeness (QED) is 0.650. The largest absolute Gasteiger partial charge is 0.342 e. The first-order valence-electron chi connectivity index (χ1n) is 10.3. The molecule has 0 saturated carbocycles. The van der Waals surface area contributed by atoms with E-state index in [9.17, 15) is 14.0 Å². The normalized spacial score (nSPS) is 22.1. The van der Waals surface area contributed by atoms with E-state index < -0.39 is 12.1 Å². The number of unbranched alkanes of at least 4 members (excludes halogenated alkanes) is 1. The van der Waals surface area contributed by atoms with Gasteiger partial charge in [0, 0.05) is 30.6 Å². The molecule has 4 rings (SSSR count). The lowest BCUT2D eigenvalue weighted by molar-refractivity contribution is -0.153. The molecule has 7 nitrogen and oxygen atoms in total. The Morgan fingerprint density at radius 3 is 2.77 bits per heavy atom. The molecule has 1 aromatic carbocycles. The number of nitrogens with zero attached hydrogens (tertiary/aromatic N) is 3. The van der Waals surface area contributed by atoms with Crippen LogP contribution in [0.5, 0.6) is 0 Å². The first-order valence-corrected chi connectivity index (χ1v) is 11.2. The van der Waals surface area contributed by atoms with Gasteiger partial charge in [0.15, 0.2) is 0 Å². The average Bonchev–Trinajstić information content (AvgIpc) is 3.20. The van der Waals surface area contributed by atoms with Crippen LogP contribution in [-0.4, -0.2) is 64.9 Å². The summed E-state index contributed by atoms with van der Waals surface area (Å²) >= 11 is 1.55. The van der Waals surface area contributed by atoms with Gasteiger partial charge in [-0.05, 0) is 50.1 Å². The van der Waals surface area contributed by atoms with E-state index in [2.05, 4.69) is 15.2 Å². The van der Waals surface area contributed by atoms with Gasteiger partial charge >= 0.3 is 0 Å². The number of hydrogen-bond donors (Lipinski definition) is 2. The number of halogens is 1. The van der Waals surface area contributed by atoms with E-state index in [1.54, 1.807) is 28.4 Å². The van der Waals surface area contributed by atoms with E-state index in [-0.39, 0.29) is 17.6 Å². The van der Waals surface area contributed by atoms with Crippen LogP contribution in [-0.2, 0) is 16.1 Å². The maximum atomic E-state index is 13.1. The first-order chi connectivity index (χ1) is 14.5. The highest BCUT2D eigenvalue weighted by atomic mass is 32.1. The molecule has 2 amide bonds. The highest BCUT2D eigenvalue weighted by Gasteiger charge is 2.43. The number of hydrogen-bond acceptors (Lipinski definition) is 6. The molecule has 0 aliphatic carbocycles. The molecule has 0 bridgehead atoms. The summed E-state index contributed by atoms with van der Waals surface area (Å²) in [4.78, 5) is 34.0. The van der Waals surface area contributed by atoms with Gasteiger partial charge in [-0.3, -0.25) is 14.5 Å². The van der Waals surface area contributed by atoms with Crippen molar-refractivity contribution in [1.29, 1.82) is 0 Å². The van der Waals surface area contributed by atoms with Crippen molar-refractivity contribution in [2.45, 2.75) is 37.9 Å². The van der Waals surface area contributed by atoms with Gasteiger partial charge < -0.3 is 16.0 Å². The Labute approximate surface area is 179 Å². The molecule has 30 heavy (non-hydrogen) atoms. The van der Waals surface area contributed by atoms with Gasteiger partial charge in [0.1, 0.15) is 22.9 Å². The second kappa shape index (κ2) is 9.20. The van der Waals surface area contributed by atoms with E-state index in [0.717, 1.165) is 29.1 Å². The van der Waals surface area contributed by atoms with Crippen LogP contribution in [0.4, 0.5) is 4.39 Å². The molecule has 2 saturated heterocycles. The molecule has 2 aromatic rings. The van der Waals surface area contributed by atoms with Gasteiger partial charge in [-0.15, -0.1) is 11.3 Å². The Morgan fingerprint density at radius 2 is 2.00 bits per heavy atom. The second-order valence-corrected chi connectivity index (χ2v) is 8.70. The summed E-state index contributed by atoms with van der Waals surface area (Å²) < 4.78 is 13.1. The van der Waals surface area contributed by atoms with Crippen LogP contribution in [0.2, 0.25) is 0 Å². The number of carbonyl (C=O) groups excluding carboxylic acids is 2. The van der Waals surface area contributed by atoms with Crippen molar-refractivity contribution in [2.24, 2.45) is 5.73 Å². The van der Waals surface area contributed by atoms with Crippen molar-refractivity contribution in [3.63, 3.8) is 0 Å². The fourth-order valence-corrected chi connectivity index (χ4v) is 4.86. The number of rotatable bonds is 7. The van der Waals surface area contributed by atoms with Crippen molar-refractivity contribution >= 4 is 23.2 Å². The lowest BCUT2D eigenvalue weighted by Gasteiger charge is -2.45. The molecular weight excluding hydrogens is 405 g/mol. The summed E-state index contributed by atoms with van der Waals surface area (Å²) in [6.45, 7) is 2.96. The predicted octanol–water partition coefficient (Wildman–Crippen LogP) is 1.59. The van der Waals surface area contributed by atoms with Crippen LogP contribution in [0.3, 0.4) is 0 Å². The monoisotopic (exact) mass is 431 g/mol. The molecule has 3 heterocycles. The standard InChI is InChI=1S/C21H26FN5O2S/c22-15-6-4-14(5-7-15)17-13-30-19(24-17)12-26-9-10-27-18(11-26)20(28)25-16(21(27)29)3-1-2-8-23/h4-7,13,16,18H,1-3,8-12,23H2,(H,25,28)/t16-,18+/m0/s1. The van der Waals surface area contributed by atoms with E-state index in [1.165, 1.54) is 12.1 Å². The van der Waals surface area contributed by atoms with Crippen molar-refractivity contribution in [2.75, 3.05) is 26.2 Å². The zero-order valence-electron chi connectivity index (χ0n) is 16.7. The number of carbonyl (C=O) groups is 2. The molecular formula is C21H26FN5O2S. The summed E-state index contributed by atoms with van der Waals surface area (Å²) in [6.07, 6.45) is 2.32. The highest BCUT2D eigenvalue weighted by molar-refractivity contribution is 7.09. The number of fused-ring (bicyclic) bond motifs is 1. The lowest BCUT2D eigenvalue weighted by atomic mass is 10.0. The van der Waals surface area contributed by atoms with Crippen LogP contribution < -0.4 is 11.1 Å². The zero-order valence-corrected chi connectivity index (χ0v) is 17.5. The van der Waals surface area contributed by atoms with E-state index in [4.69, 9.17) is 5.73 Å². The van der Waals surface area contributed by atoms with Crippen LogP contribution >= 0.6 is 11.3 Å². The average molecular weight is 432 g/mol. The van der Waals surface area contributed by atoms with Crippen molar-refractivity contribution < 1.29 is 14.0 Å². The van der Waals surface area contributed by atoms with Gasteiger partial charge in [0.05, 0.1) is 12.2 Å². The molecule has 2 aliphatic heterocycles. The third-order valence-electron chi connectivity index (χ3n) is 5.66. The SMILES string of the molecule is NCCCC[C@@H]1NC(=O)[C@H]2CN(Cc3nc(-c4ccc(F)cc4)cs3)CCN2C1=O. The summed E-state index contributed by atoms with van der Waals surface area (Å²) in [5, 5.41) is 5.79. The van der Waals surface area contributed by atoms with Gasteiger partial charge in [-0.1, -0.05) is 0 Å². The molecule has 2 aliphatic rings. The van der Waals surface area contributed by atoms with E-state index in [0.29, 0.717) is 39.1 Å². The topological polar surface area (TPSA) is 91.6 Å². The first kappa shape index (κ1) is 20.9. The number of amides is 2. The van der Waals surface area contributed by atoms with E-state index >= 15 is 0 Å². The van der Waals surface area contributed by atoms with Crippen LogP contribution in [0.1, 0.15) is 24.3 Å². The minimum Gasteiger partial charge on any atom is -0.342 e. The van der Waals surface area contributed by atoms with E-state index in [1.807, 2.05) is 5.38 Å². The number of aromatic nitrogens is 1. The number of nitrogens with two attached hydrogens (primary N) is 1. The molecule has 3 N–H and O–H groups in total. The molecule has 9 heteroatoms. The zero-order chi connectivity index (χ0) is 21.1. The number of benzene rings is 1. The third-order valence-corrected chi connectivity index (χ3v) is 6.50. The number of piperazine rings is 2. The molecule has 2 atom stereocenters. The summed E-state index contributed by atoms with van der Waals surface area (Å²) in [5.74, 6) is -0.332. The maximum Gasteiger partial charge on any atom is 0.245 e. The molecule has 0 unspecified atom stereocenters. The lowest BCUT2D eigenvalue weighted by Crippen LogP contribution is -2.69. The Balaban J connectivity index is 1.36. The van der Waals surface area contributed by atoms with Crippen molar-refractivity contribution in [1.82, 2.24) is 20.1 Å². The predicted molar refractivity (Wildman–Crippen MR) is 113 cm³/mol. The maximum absolute atomic E-state index is 13.1. The van der Waals surface area contributed by atoms with Crippen molar-refractivity contribution in [3.05, 3.63) is 40.5 Å². The van der Waals surface area contributed by atoms with Gasteiger partial charge in [-0.2, -0.15) is 0 Å². The smallest absolute Gasteiger partial charge is 0.245 e. The Hall–Kier alpha value is -2.36. The highest BCUT2D eigenvalue weighted by Crippen LogP contribution is 2.25. The molecule has 1 aromatic heterocycles. The van der Waals surface area contributed by atoms with Crippen LogP contribution in [0, 0.1) is 5.82 Å². The van der Waals surface area contributed by atoms with Crippen LogP contribution in [0.25, 0.3) is 11.3 Å². The van der Waals surface area contributed by atoms with Crippen LogP contribution in [0.15, 0.2) is 29.6 Å². The third kappa shape index (κ3) is 4.53. The minimum absolute atomic E-state index is 0.0177. The summed E-state index contributed by atoms with van der Waals surface area (Å²) in [5.41, 5.74) is 7.22. The Morgan fingerprint density at radius 1 is 1.20 bits per heavy atom. The molecule has 0 spiro atoms. The van der Waals surface area contributed by atoms with Gasteiger partial charge in [-0.25, -0.2) is 9.37 Å². The van der Waals surface area contributed by atoms with Gasteiger partial charge in [0.2, 0.25) is 11.8 Å². The van der Waals surface area contributed by atoms with Crippen molar-refractivity contribution in [3.8, 4) is 11.3 Å². The van der Waals surface area contributed by atoms with Gasteiger partial charge in [0.25, 0.3) is 0 Å². The molecule has 2 fully saturated rings. The Bertz CT molecular complexity index is 903.